The zero-order chi connectivity index (χ0) is 15.4. The van der Waals surface area contributed by atoms with E-state index in [4.69, 9.17) is 0 Å². The summed E-state index contributed by atoms with van der Waals surface area (Å²) in [5.74, 6) is 0.330. The molecule has 116 valence electrons. The summed E-state index contributed by atoms with van der Waals surface area (Å²) in [5.41, 5.74) is 0.346. The van der Waals surface area contributed by atoms with Gasteiger partial charge in [-0.15, -0.1) is 0 Å². The molecule has 7 heteroatoms. The van der Waals surface area contributed by atoms with Crippen LogP contribution in [0.3, 0.4) is 0 Å². The van der Waals surface area contributed by atoms with Gasteiger partial charge in [0.1, 0.15) is 11.7 Å². The van der Waals surface area contributed by atoms with E-state index in [1.54, 1.807) is 18.0 Å². The summed E-state index contributed by atoms with van der Waals surface area (Å²) >= 11 is 0. The van der Waals surface area contributed by atoms with E-state index in [1.807, 2.05) is 18.4 Å². The molecule has 0 fully saturated rings. The van der Waals surface area contributed by atoms with Crippen LogP contribution in [0.1, 0.15) is 37.7 Å². The van der Waals surface area contributed by atoms with Crippen LogP contribution in [0, 0.1) is 0 Å². The first-order valence-corrected chi connectivity index (χ1v) is 7.47. The van der Waals surface area contributed by atoms with Crippen LogP contribution in [0.2, 0.25) is 0 Å². The quantitative estimate of drug-likeness (QED) is 0.837. The van der Waals surface area contributed by atoms with Gasteiger partial charge in [0.15, 0.2) is 0 Å². The van der Waals surface area contributed by atoms with E-state index in [1.165, 1.54) is 0 Å². The second-order valence-electron chi connectivity index (χ2n) is 5.13. The smallest absolute Gasteiger partial charge is 0.272 e. The van der Waals surface area contributed by atoms with E-state index >= 15 is 0 Å². The van der Waals surface area contributed by atoms with E-state index in [0.29, 0.717) is 24.7 Å². The number of nitrogens with zero attached hydrogens (tertiary/aromatic N) is 3. The lowest BCUT2D eigenvalue weighted by molar-refractivity contribution is -0.132. The van der Waals surface area contributed by atoms with Gasteiger partial charge in [-0.3, -0.25) is 9.59 Å². The molecule has 0 saturated carbocycles. The minimum Gasteiger partial charge on any atom is -0.356 e. The summed E-state index contributed by atoms with van der Waals surface area (Å²) in [6.45, 7) is 8.55. The Morgan fingerprint density at radius 3 is 2.81 bits per heavy atom. The van der Waals surface area contributed by atoms with Crippen LogP contribution < -0.4 is 10.6 Å². The second kappa shape index (κ2) is 6.60. The van der Waals surface area contributed by atoms with Crippen molar-refractivity contribution < 1.29 is 9.59 Å². The second-order valence-corrected chi connectivity index (χ2v) is 5.13. The molecule has 0 saturated heterocycles. The van der Waals surface area contributed by atoms with Gasteiger partial charge < -0.3 is 20.1 Å². The molecule has 1 unspecified atom stereocenters. The lowest BCUT2D eigenvalue weighted by Gasteiger charge is -2.23. The molecule has 0 aromatic carbocycles. The Morgan fingerprint density at radius 2 is 2.19 bits per heavy atom. The van der Waals surface area contributed by atoms with E-state index in [-0.39, 0.29) is 11.8 Å². The first-order chi connectivity index (χ1) is 10.1. The summed E-state index contributed by atoms with van der Waals surface area (Å²) in [5, 5.41) is 5.87. The molecule has 2 rings (SSSR count). The first-order valence-electron chi connectivity index (χ1n) is 7.47. The number of hydrogen-bond donors (Lipinski definition) is 2. The van der Waals surface area contributed by atoms with Crippen LogP contribution in [0.25, 0.3) is 0 Å². The monoisotopic (exact) mass is 293 g/mol. The number of amides is 2. The van der Waals surface area contributed by atoms with Crippen molar-refractivity contribution in [3.63, 3.8) is 0 Å². The van der Waals surface area contributed by atoms with Gasteiger partial charge in [-0.05, 0) is 27.2 Å². The van der Waals surface area contributed by atoms with Gasteiger partial charge in [-0.2, -0.15) is 0 Å². The van der Waals surface area contributed by atoms with Crippen LogP contribution in [0.5, 0.6) is 0 Å². The molecule has 7 nitrogen and oxygen atoms in total. The molecule has 0 bridgehead atoms. The average Bonchev–Trinajstić information content (AvgIpc) is 2.92. The molecule has 0 radical (unpaired) electrons. The van der Waals surface area contributed by atoms with Crippen molar-refractivity contribution in [1.29, 1.82) is 0 Å². The molecule has 1 aromatic heterocycles. The topological polar surface area (TPSA) is 79.3 Å². The summed E-state index contributed by atoms with van der Waals surface area (Å²) in [6, 6.07) is -0.552. The molecule has 21 heavy (non-hydrogen) atoms. The Morgan fingerprint density at radius 1 is 1.48 bits per heavy atom. The first kappa shape index (κ1) is 15.3. The maximum atomic E-state index is 12.2. The molecule has 0 spiro atoms. The summed E-state index contributed by atoms with van der Waals surface area (Å²) < 4.78 is 1.93. The van der Waals surface area contributed by atoms with Gasteiger partial charge in [0.2, 0.25) is 11.9 Å². The van der Waals surface area contributed by atoms with Crippen molar-refractivity contribution in [3.05, 3.63) is 11.9 Å². The highest BCUT2D eigenvalue weighted by atomic mass is 16.2. The van der Waals surface area contributed by atoms with Crippen LogP contribution in [-0.4, -0.2) is 51.9 Å². The largest absolute Gasteiger partial charge is 0.356 e. The molecule has 1 aromatic rings. The Labute approximate surface area is 124 Å². The highest BCUT2D eigenvalue weighted by Gasteiger charge is 2.23. The number of carbonyl (C=O) groups excluding carboxylic acids is 2. The highest BCUT2D eigenvalue weighted by molar-refractivity contribution is 5.96. The number of aryl methyl sites for hydroxylation is 1. The number of carbonyl (C=O) groups is 2. The maximum Gasteiger partial charge on any atom is 0.272 e. The fourth-order valence-electron chi connectivity index (χ4n) is 2.43. The number of anilines is 1. The van der Waals surface area contributed by atoms with Gasteiger partial charge in [0.25, 0.3) is 5.91 Å². The minimum atomic E-state index is -0.552. The van der Waals surface area contributed by atoms with Crippen molar-refractivity contribution in [2.75, 3.05) is 25.0 Å². The fourth-order valence-corrected chi connectivity index (χ4v) is 2.43. The van der Waals surface area contributed by atoms with Crippen molar-refractivity contribution >= 4 is 17.8 Å². The molecule has 1 aliphatic rings. The van der Waals surface area contributed by atoms with Crippen molar-refractivity contribution in [2.24, 2.45) is 0 Å². The predicted octanol–water partition coefficient (Wildman–Crippen LogP) is 0.685. The third kappa shape index (κ3) is 3.34. The van der Waals surface area contributed by atoms with Crippen LogP contribution in [-0.2, 0) is 11.3 Å². The van der Waals surface area contributed by atoms with E-state index in [2.05, 4.69) is 15.6 Å². The highest BCUT2D eigenvalue weighted by Crippen LogP contribution is 2.14. The molecule has 1 atom stereocenters. The number of fused-ring (bicyclic) bond motifs is 1. The van der Waals surface area contributed by atoms with Crippen LogP contribution in [0.15, 0.2) is 6.20 Å². The van der Waals surface area contributed by atoms with Gasteiger partial charge >= 0.3 is 0 Å². The zero-order valence-electron chi connectivity index (χ0n) is 12.8. The van der Waals surface area contributed by atoms with Gasteiger partial charge in [-0.25, -0.2) is 4.98 Å². The van der Waals surface area contributed by atoms with Crippen LogP contribution >= 0.6 is 0 Å². The van der Waals surface area contributed by atoms with Gasteiger partial charge in [-0.1, -0.05) is 0 Å². The number of imidazole rings is 1. The van der Waals surface area contributed by atoms with Crippen LogP contribution in [0.4, 0.5) is 5.95 Å². The average molecular weight is 293 g/mol. The Balaban J connectivity index is 2.00. The van der Waals surface area contributed by atoms with Crippen molar-refractivity contribution in [3.8, 4) is 0 Å². The number of nitrogens with one attached hydrogen (secondary N) is 2. The van der Waals surface area contributed by atoms with E-state index < -0.39 is 6.04 Å². The normalized spacial score (nSPS) is 14.8. The Hall–Kier alpha value is -2.05. The number of aromatic nitrogens is 2. The Kier molecular flexibility index (Phi) is 4.82. The third-order valence-corrected chi connectivity index (χ3v) is 3.66. The van der Waals surface area contributed by atoms with E-state index in [9.17, 15) is 9.59 Å². The fraction of sp³-hybridized carbons (Fsp3) is 0.643. The van der Waals surface area contributed by atoms with Crippen molar-refractivity contribution in [1.82, 2.24) is 19.8 Å². The molecular weight excluding hydrogens is 270 g/mol. The van der Waals surface area contributed by atoms with Crippen molar-refractivity contribution in [2.45, 2.75) is 39.8 Å². The molecule has 2 amide bonds. The number of rotatable bonds is 5. The molecule has 0 aliphatic carbocycles. The molecule has 2 N–H and O–H groups in total. The number of likely N-dealkylation sites (N-methyl/N-ethyl adjacent to an activating group) is 1. The lowest BCUT2D eigenvalue weighted by Crippen LogP contribution is -2.46. The third-order valence-electron chi connectivity index (χ3n) is 3.66. The zero-order valence-corrected chi connectivity index (χ0v) is 12.8. The standard InChI is InChI=1S/C14H23N5O2/c1-4-18(5-2)13(21)10(3)16-12(20)11-9-19-8-6-7-15-14(19)17-11/h9-10H,4-8H2,1-3H3,(H,15,17)(H,16,20). The van der Waals surface area contributed by atoms with E-state index in [0.717, 1.165) is 19.5 Å². The number of hydrogen-bond acceptors (Lipinski definition) is 4. The molecule has 1 aliphatic heterocycles. The molecule has 2 heterocycles. The summed E-state index contributed by atoms with van der Waals surface area (Å²) in [4.78, 5) is 30.3. The lowest BCUT2D eigenvalue weighted by atomic mass is 10.2. The maximum absolute atomic E-state index is 12.2. The summed E-state index contributed by atoms with van der Waals surface area (Å²) in [7, 11) is 0. The molecular formula is C14H23N5O2. The SMILES string of the molecule is CCN(CC)C(=O)C(C)NC(=O)c1cn2c(n1)NCCC2. The Bertz CT molecular complexity index is 498. The summed E-state index contributed by atoms with van der Waals surface area (Å²) in [6.07, 6.45) is 2.74. The predicted molar refractivity (Wildman–Crippen MR) is 80.2 cm³/mol. The van der Waals surface area contributed by atoms with Gasteiger partial charge in [0.05, 0.1) is 0 Å². The van der Waals surface area contributed by atoms with Gasteiger partial charge in [0, 0.05) is 32.4 Å². The minimum absolute atomic E-state index is 0.0737.